The summed E-state index contributed by atoms with van der Waals surface area (Å²) in [4.78, 5) is 25.6. The number of hydrogen-bond donors (Lipinski definition) is 1. The molecular formula is C12H24N2O3. The van der Waals surface area contributed by atoms with E-state index in [-0.39, 0.29) is 18.5 Å². The Kier molecular flexibility index (Phi) is 7.34. The second kappa shape index (κ2) is 7.92. The van der Waals surface area contributed by atoms with Gasteiger partial charge in [0.1, 0.15) is 0 Å². The zero-order chi connectivity index (χ0) is 13.4. The molecule has 100 valence electrons. The Hall–Kier alpha value is -1.26. The highest BCUT2D eigenvalue weighted by molar-refractivity contribution is 5.74. The molecular weight excluding hydrogens is 220 g/mol. The van der Waals surface area contributed by atoms with Gasteiger partial charge >= 0.3 is 12.0 Å². The van der Waals surface area contributed by atoms with Crippen molar-refractivity contribution in [3.8, 4) is 0 Å². The average Bonchev–Trinajstić information content (AvgIpc) is 2.26. The minimum Gasteiger partial charge on any atom is -0.481 e. The van der Waals surface area contributed by atoms with Gasteiger partial charge in [0.25, 0.3) is 0 Å². The summed E-state index contributed by atoms with van der Waals surface area (Å²) in [6.07, 6.45) is 2.62. The summed E-state index contributed by atoms with van der Waals surface area (Å²) in [6.45, 7) is 4.59. The number of aliphatic carboxylic acids is 1. The lowest BCUT2D eigenvalue weighted by molar-refractivity contribution is -0.137. The molecule has 0 saturated heterocycles. The summed E-state index contributed by atoms with van der Waals surface area (Å²) in [5.41, 5.74) is 0. The molecule has 0 aliphatic heterocycles. The maximum atomic E-state index is 11.9. The molecule has 1 unspecified atom stereocenters. The molecule has 0 aromatic rings. The van der Waals surface area contributed by atoms with Crippen molar-refractivity contribution in [2.24, 2.45) is 0 Å². The highest BCUT2D eigenvalue weighted by Gasteiger charge is 2.18. The lowest BCUT2D eigenvalue weighted by Gasteiger charge is -2.29. The topological polar surface area (TPSA) is 60.9 Å². The fourth-order valence-electron chi connectivity index (χ4n) is 1.63. The van der Waals surface area contributed by atoms with E-state index in [4.69, 9.17) is 5.11 Å². The quantitative estimate of drug-likeness (QED) is 0.745. The number of carboxylic acid groups (broad SMARTS) is 1. The fourth-order valence-corrected chi connectivity index (χ4v) is 1.63. The van der Waals surface area contributed by atoms with Gasteiger partial charge in [-0.05, 0) is 19.8 Å². The maximum Gasteiger partial charge on any atom is 0.319 e. The number of carbonyl (C=O) groups is 2. The lowest BCUT2D eigenvalue weighted by atomic mass is 10.2. The maximum absolute atomic E-state index is 11.9. The van der Waals surface area contributed by atoms with Gasteiger partial charge in [0, 0.05) is 33.1 Å². The standard InChI is InChI=1S/C12H24N2O3/c1-5-7-10(2)14(4)12(17)13(3)9-6-8-11(15)16/h10H,5-9H2,1-4H3,(H,15,16). The number of hydrogen-bond acceptors (Lipinski definition) is 2. The summed E-state index contributed by atoms with van der Waals surface area (Å²) in [5, 5.41) is 8.52. The van der Waals surface area contributed by atoms with Crippen LogP contribution >= 0.6 is 0 Å². The predicted molar refractivity (Wildman–Crippen MR) is 67.0 cm³/mol. The van der Waals surface area contributed by atoms with Gasteiger partial charge < -0.3 is 14.9 Å². The molecule has 17 heavy (non-hydrogen) atoms. The summed E-state index contributed by atoms with van der Waals surface area (Å²) in [7, 11) is 3.50. The third-order valence-corrected chi connectivity index (χ3v) is 2.88. The predicted octanol–water partition coefficient (Wildman–Crippen LogP) is 2.02. The zero-order valence-electron chi connectivity index (χ0n) is 11.3. The van der Waals surface area contributed by atoms with Gasteiger partial charge in [-0.1, -0.05) is 13.3 Å². The minimum absolute atomic E-state index is 0.0451. The van der Waals surface area contributed by atoms with Crippen LogP contribution in [0.2, 0.25) is 0 Å². The lowest BCUT2D eigenvalue weighted by Crippen LogP contribution is -2.43. The summed E-state index contributed by atoms with van der Waals surface area (Å²) >= 11 is 0. The summed E-state index contributed by atoms with van der Waals surface area (Å²) in [6, 6.07) is 0.172. The van der Waals surface area contributed by atoms with Crippen LogP contribution in [0.4, 0.5) is 4.79 Å². The number of carboxylic acids is 1. The van der Waals surface area contributed by atoms with Crippen LogP contribution in [-0.2, 0) is 4.79 Å². The van der Waals surface area contributed by atoms with Crippen molar-refractivity contribution in [1.82, 2.24) is 9.80 Å². The van der Waals surface area contributed by atoms with Gasteiger partial charge in [0.05, 0.1) is 0 Å². The number of carbonyl (C=O) groups excluding carboxylic acids is 1. The van der Waals surface area contributed by atoms with E-state index in [9.17, 15) is 9.59 Å². The smallest absolute Gasteiger partial charge is 0.319 e. The SMILES string of the molecule is CCCC(C)N(C)C(=O)N(C)CCCC(=O)O. The van der Waals surface area contributed by atoms with Crippen LogP contribution in [0.3, 0.4) is 0 Å². The highest BCUT2D eigenvalue weighted by Crippen LogP contribution is 2.07. The van der Waals surface area contributed by atoms with Crippen molar-refractivity contribution < 1.29 is 14.7 Å². The first-order valence-electron chi connectivity index (χ1n) is 6.09. The highest BCUT2D eigenvalue weighted by atomic mass is 16.4. The minimum atomic E-state index is -0.821. The molecule has 2 amide bonds. The Bertz CT molecular complexity index is 256. The molecule has 5 heteroatoms. The summed E-state index contributed by atoms with van der Waals surface area (Å²) < 4.78 is 0. The van der Waals surface area contributed by atoms with Crippen molar-refractivity contribution in [2.45, 2.75) is 45.6 Å². The molecule has 0 radical (unpaired) electrons. The Morgan fingerprint density at radius 2 is 1.88 bits per heavy atom. The molecule has 1 N–H and O–H groups in total. The van der Waals surface area contributed by atoms with Gasteiger partial charge in [-0.15, -0.1) is 0 Å². The first-order chi connectivity index (χ1) is 7.90. The monoisotopic (exact) mass is 244 g/mol. The van der Waals surface area contributed by atoms with Crippen molar-refractivity contribution >= 4 is 12.0 Å². The van der Waals surface area contributed by atoms with Gasteiger partial charge in [-0.3, -0.25) is 4.79 Å². The van der Waals surface area contributed by atoms with Gasteiger partial charge in [0.15, 0.2) is 0 Å². The van der Waals surface area contributed by atoms with E-state index in [1.54, 1.807) is 23.9 Å². The van der Waals surface area contributed by atoms with Crippen LogP contribution in [0, 0.1) is 0 Å². The van der Waals surface area contributed by atoms with Crippen LogP contribution in [-0.4, -0.2) is 53.6 Å². The molecule has 0 rings (SSSR count). The molecule has 0 heterocycles. The number of nitrogens with zero attached hydrogens (tertiary/aromatic N) is 2. The van der Waals surface area contributed by atoms with E-state index in [1.165, 1.54) is 0 Å². The fraction of sp³-hybridized carbons (Fsp3) is 0.833. The van der Waals surface area contributed by atoms with Crippen molar-refractivity contribution in [3.63, 3.8) is 0 Å². The first kappa shape index (κ1) is 15.7. The molecule has 0 spiro atoms. The van der Waals surface area contributed by atoms with Crippen molar-refractivity contribution in [3.05, 3.63) is 0 Å². The van der Waals surface area contributed by atoms with Crippen LogP contribution in [0.25, 0.3) is 0 Å². The first-order valence-corrected chi connectivity index (χ1v) is 6.09. The van der Waals surface area contributed by atoms with Gasteiger partial charge in [-0.25, -0.2) is 4.79 Å². The molecule has 0 fully saturated rings. The zero-order valence-corrected chi connectivity index (χ0v) is 11.3. The van der Waals surface area contributed by atoms with Crippen LogP contribution in [0.5, 0.6) is 0 Å². The second-order valence-corrected chi connectivity index (χ2v) is 4.45. The normalized spacial score (nSPS) is 12.0. The Balaban J connectivity index is 4.06. The third kappa shape index (κ3) is 6.14. The Morgan fingerprint density at radius 1 is 1.29 bits per heavy atom. The Morgan fingerprint density at radius 3 is 2.35 bits per heavy atom. The molecule has 0 saturated carbocycles. The molecule has 0 aliphatic carbocycles. The van der Waals surface area contributed by atoms with Crippen LogP contribution < -0.4 is 0 Å². The van der Waals surface area contributed by atoms with E-state index >= 15 is 0 Å². The Labute approximate surface area is 103 Å². The molecule has 0 aromatic heterocycles. The molecule has 5 nitrogen and oxygen atoms in total. The van der Waals surface area contributed by atoms with Crippen LogP contribution in [0.1, 0.15) is 39.5 Å². The van der Waals surface area contributed by atoms with Crippen molar-refractivity contribution in [1.29, 1.82) is 0 Å². The number of rotatable bonds is 7. The van der Waals surface area contributed by atoms with E-state index < -0.39 is 5.97 Å². The van der Waals surface area contributed by atoms with E-state index in [0.29, 0.717) is 13.0 Å². The molecule has 1 atom stereocenters. The van der Waals surface area contributed by atoms with Crippen LogP contribution in [0.15, 0.2) is 0 Å². The second-order valence-electron chi connectivity index (χ2n) is 4.45. The van der Waals surface area contributed by atoms with Gasteiger partial charge in [0.2, 0.25) is 0 Å². The molecule has 0 aliphatic rings. The summed E-state index contributed by atoms with van der Waals surface area (Å²) in [5.74, 6) is -0.821. The van der Waals surface area contributed by atoms with E-state index in [1.807, 2.05) is 6.92 Å². The molecule has 0 bridgehead atoms. The van der Waals surface area contributed by atoms with Crippen molar-refractivity contribution in [2.75, 3.05) is 20.6 Å². The van der Waals surface area contributed by atoms with Gasteiger partial charge in [-0.2, -0.15) is 0 Å². The number of urea groups is 1. The number of amides is 2. The molecule has 0 aromatic carbocycles. The van der Waals surface area contributed by atoms with E-state index in [2.05, 4.69) is 6.92 Å². The largest absolute Gasteiger partial charge is 0.481 e. The third-order valence-electron chi connectivity index (χ3n) is 2.88. The average molecular weight is 244 g/mol. The van der Waals surface area contributed by atoms with E-state index in [0.717, 1.165) is 12.8 Å².